The zero-order chi connectivity index (χ0) is 9.56. The molecular formula is C6H16N4O2. The van der Waals surface area contributed by atoms with Gasteiger partial charge in [0.05, 0.1) is 5.70 Å². The Balaban J connectivity index is 4.41. The Bertz CT molecular complexity index is 160. The lowest BCUT2D eigenvalue weighted by Crippen LogP contribution is -2.39. The van der Waals surface area contributed by atoms with Gasteiger partial charge in [0.25, 0.3) is 0 Å². The van der Waals surface area contributed by atoms with Crippen molar-refractivity contribution < 1.29 is 10.2 Å². The van der Waals surface area contributed by atoms with E-state index in [4.69, 9.17) is 10.8 Å². The maximum Gasteiger partial charge on any atom is 0.149 e. The highest BCUT2D eigenvalue weighted by Crippen LogP contribution is 1.95. The number of nitrogens with one attached hydrogen (secondary N) is 3. The first kappa shape index (κ1) is 11.0. The second kappa shape index (κ2) is 5.64. The quantitative estimate of drug-likeness (QED) is 0.257. The van der Waals surface area contributed by atoms with Crippen LogP contribution in [0.15, 0.2) is 11.5 Å². The minimum absolute atomic E-state index is 0.281. The summed E-state index contributed by atoms with van der Waals surface area (Å²) in [6, 6.07) is 0. The average Bonchev–Trinajstić information content (AvgIpc) is 2.11. The van der Waals surface area contributed by atoms with Crippen molar-refractivity contribution in [2.24, 2.45) is 5.73 Å². The van der Waals surface area contributed by atoms with Crippen LogP contribution >= 0.6 is 0 Å². The molecule has 0 rings (SSSR count). The average molecular weight is 176 g/mol. The molecule has 0 heterocycles. The summed E-state index contributed by atoms with van der Waals surface area (Å²) in [6.07, 6.45) is -0.912. The number of aliphatic hydroxyl groups excluding tert-OH is 2. The Kier molecular flexibility index (Phi) is 5.18. The maximum absolute atomic E-state index is 9.29. The lowest BCUT2D eigenvalue weighted by molar-refractivity contribution is 0.160. The highest BCUT2D eigenvalue weighted by molar-refractivity contribution is 5.10. The third-order valence-corrected chi connectivity index (χ3v) is 1.38. The van der Waals surface area contributed by atoms with Crippen molar-refractivity contribution in [1.29, 1.82) is 0 Å². The summed E-state index contributed by atoms with van der Waals surface area (Å²) in [7, 11) is 3.20. The molecule has 0 aromatic carbocycles. The summed E-state index contributed by atoms with van der Waals surface area (Å²) >= 11 is 0. The Hall–Kier alpha value is -0.980. The number of hydrogen-bond donors (Lipinski definition) is 6. The van der Waals surface area contributed by atoms with Gasteiger partial charge in [0.1, 0.15) is 18.8 Å². The fourth-order valence-corrected chi connectivity index (χ4v) is 0.703. The summed E-state index contributed by atoms with van der Waals surface area (Å²) in [6.45, 7) is -0.281. The molecule has 72 valence electrons. The van der Waals surface area contributed by atoms with E-state index in [1.165, 1.54) is 0 Å². The van der Waals surface area contributed by atoms with Crippen molar-refractivity contribution in [2.75, 3.05) is 20.8 Å². The summed E-state index contributed by atoms with van der Waals surface area (Å²) < 4.78 is 0. The normalized spacial score (nSPS) is 15.0. The summed E-state index contributed by atoms with van der Waals surface area (Å²) in [5.74, 6) is 0.283. The van der Waals surface area contributed by atoms with Crippen LogP contribution < -0.4 is 21.7 Å². The molecule has 0 aliphatic heterocycles. The van der Waals surface area contributed by atoms with Gasteiger partial charge in [-0.25, -0.2) is 0 Å². The first-order valence-corrected chi connectivity index (χ1v) is 3.54. The first-order valence-electron chi connectivity index (χ1n) is 3.54. The van der Waals surface area contributed by atoms with Gasteiger partial charge in [-0.05, 0) is 7.05 Å². The van der Waals surface area contributed by atoms with Crippen LogP contribution in [0.3, 0.4) is 0 Å². The lowest BCUT2D eigenvalue weighted by Gasteiger charge is -2.17. The Morgan fingerprint density at radius 1 is 1.50 bits per heavy atom. The second-order valence-electron chi connectivity index (χ2n) is 2.10. The monoisotopic (exact) mass is 176 g/mol. The molecule has 0 aromatic heterocycles. The molecule has 6 nitrogen and oxygen atoms in total. The fraction of sp³-hybridized carbons (Fsp3) is 0.667. The van der Waals surface area contributed by atoms with Crippen molar-refractivity contribution in [2.45, 2.75) is 6.23 Å². The second-order valence-corrected chi connectivity index (χ2v) is 2.10. The molecule has 0 saturated heterocycles. The summed E-state index contributed by atoms with van der Waals surface area (Å²) in [4.78, 5) is 0. The van der Waals surface area contributed by atoms with Crippen LogP contribution in [0.2, 0.25) is 0 Å². The van der Waals surface area contributed by atoms with Crippen LogP contribution in [0.5, 0.6) is 0 Å². The summed E-state index contributed by atoms with van der Waals surface area (Å²) in [5, 5.41) is 25.6. The van der Waals surface area contributed by atoms with Crippen molar-refractivity contribution in [3.8, 4) is 0 Å². The van der Waals surface area contributed by atoms with Crippen molar-refractivity contribution in [3.63, 3.8) is 0 Å². The molecule has 1 atom stereocenters. The van der Waals surface area contributed by atoms with Crippen LogP contribution in [-0.2, 0) is 0 Å². The standard InChI is InChI=1S/C6H16N4O2/c1-8-5(7)4(10-3-11)6(12)9-2/h6,8-12H,3,7H2,1-2H3/b5-4+. The first-order chi connectivity index (χ1) is 5.67. The van der Waals surface area contributed by atoms with Crippen molar-refractivity contribution >= 4 is 0 Å². The van der Waals surface area contributed by atoms with Crippen LogP contribution in [-0.4, -0.2) is 37.3 Å². The molecule has 0 fully saturated rings. The molecule has 0 aliphatic carbocycles. The third kappa shape index (κ3) is 2.95. The molecule has 6 heteroatoms. The highest BCUT2D eigenvalue weighted by atomic mass is 16.3. The van der Waals surface area contributed by atoms with E-state index in [0.717, 1.165) is 0 Å². The highest BCUT2D eigenvalue weighted by Gasteiger charge is 2.10. The van der Waals surface area contributed by atoms with E-state index in [9.17, 15) is 5.11 Å². The van der Waals surface area contributed by atoms with E-state index in [0.29, 0.717) is 5.70 Å². The predicted molar refractivity (Wildman–Crippen MR) is 45.6 cm³/mol. The topological polar surface area (TPSA) is 103 Å². The predicted octanol–water partition coefficient (Wildman–Crippen LogP) is -2.59. The van der Waals surface area contributed by atoms with Crippen molar-refractivity contribution in [1.82, 2.24) is 16.0 Å². The van der Waals surface area contributed by atoms with E-state index < -0.39 is 6.23 Å². The van der Waals surface area contributed by atoms with Gasteiger partial charge in [-0.2, -0.15) is 0 Å². The fourth-order valence-electron chi connectivity index (χ4n) is 0.703. The van der Waals surface area contributed by atoms with Gasteiger partial charge < -0.3 is 26.6 Å². The summed E-state index contributed by atoms with van der Waals surface area (Å²) in [5.41, 5.74) is 5.80. The van der Waals surface area contributed by atoms with Crippen LogP contribution in [0, 0.1) is 0 Å². The van der Waals surface area contributed by atoms with Gasteiger partial charge >= 0.3 is 0 Å². The minimum Gasteiger partial charge on any atom is -0.384 e. The maximum atomic E-state index is 9.29. The zero-order valence-corrected chi connectivity index (χ0v) is 7.26. The molecule has 0 spiro atoms. The Morgan fingerprint density at radius 2 is 2.08 bits per heavy atom. The lowest BCUT2D eigenvalue weighted by atomic mass is 10.3. The van der Waals surface area contributed by atoms with Gasteiger partial charge in [-0.3, -0.25) is 5.32 Å². The van der Waals surface area contributed by atoms with Crippen LogP contribution in [0.1, 0.15) is 0 Å². The SMILES string of the molecule is CN/C(N)=C(/NCO)C(O)NC. The van der Waals surface area contributed by atoms with Crippen LogP contribution in [0.25, 0.3) is 0 Å². The number of rotatable bonds is 5. The smallest absolute Gasteiger partial charge is 0.149 e. The molecule has 1 unspecified atom stereocenters. The number of aliphatic hydroxyl groups is 2. The molecule has 0 aliphatic rings. The molecular weight excluding hydrogens is 160 g/mol. The van der Waals surface area contributed by atoms with E-state index in [1.807, 2.05) is 0 Å². The molecule has 0 saturated carbocycles. The molecule has 0 bridgehead atoms. The molecule has 12 heavy (non-hydrogen) atoms. The van der Waals surface area contributed by atoms with Gasteiger partial charge in [0.2, 0.25) is 0 Å². The zero-order valence-electron chi connectivity index (χ0n) is 7.26. The number of likely N-dealkylation sites (N-methyl/N-ethyl adjacent to an activating group) is 1. The van der Waals surface area contributed by atoms with Gasteiger partial charge in [-0.1, -0.05) is 0 Å². The molecule has 0 radical (unpaired) electrons. The molecule has 0 aromatic rings. The largest absolute Gasteiger partial charge is 0.384 e. The number of nitrogens with two attached hydrogens (primary N) is 1. The Morgan fingerprint density at radius 3 is 2.42 bits per heavy atom. The minimum atomic E-state index is -0.912. The van der Waals surface area contributed by atoms with Crippen LogP contribution in [0.4, 0.5) is 0 Å². The van der Waals surface area contributed by atoms with E-state index in [-0.39, 0.29) is 12.6 Å². The van der Waals surface area contributed by atoms with E-state index >= 15 is 0 Å². The Labute approximate surface area is 71.5 Å². The molecule has 0 amide bonds. The molecule has 7 N–H and O–H groups in total. The van der Waals surface area contributed by atoms with Gasteiger partial charge in [0.15, 0.2) is 0 Å². The van der Waals surface area contributed by atoms with Gasteiger partial charge in [0, 0.05) is 7.05 Å². The van der Waals surface area contributed by atoms with E-state index in [2.05, 4.69) is 16.0 Å². The third-order valence-electron chi connectivity index (χ3n) is 1.38. The van der Waals surface area contributed by atoms with Gasteiger partial charge in [-0.15, -0.1) is 0 Å². The van der Waals surface area contributed by atoms with Crippen molar-refractivity contribution in [3.05, 3.63) is 11.5 Å². The number of hydrogen-bond acceptors (Lipinski definition) is 6. The van der Waals surface area contributed by atoms with E-state index in [1.54, 1.807) is 14.1 Å².